The van der Waals surface area contributed by atoms with E-state index in [1.165, 1.54) is 11.1 Å². The highest BCUT2D eigenvalue weighted by atomic mass is 16.3. The van der Waals surface area contributed by atoms with Gasteiger partial charge in [0.1, 0.15) is 0 Å². The van der Waals surface area contributed by atoms with Gasteiger partial charge in [0.25, 0.3) is 0 Å². The van der Waals surface area contributed by atoms with Gasteiger partial charge in [0.2, 0.25) is 0 Å². The smallest absolute Gasteiger partial charge is 0.162 e. The Bertz CT molecular complexity index is 1330. The van der Waals surface area contributed by atoms with Crippen molar-refractivity contribution in [3.63, 3.8) is 0 Å². The lowest BCUT2D eigenvalue weighted by molar-refractivity contribution is -0.115. The van der Waals surface area contributed by atoms with E-state index >= 15 is 0 Å². The average Bonchev–Trinajstić information content (AvgIpc) is 2.91. The van der Waals surface area contributed by atoms with Gasteiger partial charge >= 0.3 is 0 Å². The van der Waals surface area contributed by atoms with E-state index in [1.54, 1.807) is 0 Å². The van der Waals surface area contributed by atoms with Crippen LogP contribution in [0.3, 0.4) is 0 Å². The van der Waals surface area contributed by atoms with Crippen LogP contribution in [0.4, 0.5) is 0 Å². The molecule has 0 aromatic rings. The van der Waals surface area contributed by atoms with Crippen LogP contribution in [0, 0.1) is 16.7 Å². The highest BCUT2D eigenvalue weighted by Crippen LogP contribution is 2.43. The van der Waals surface area contributed by atoms with Gasteiger partial charge in [0.15, 0.2) is 5.78 Å². The van der Waals surface area contributed by atoms with Crippen molar-refractivity contribution in [2.24, 2.45) is 16.7 Å². The molecule has 0 radical (unpaired) electrons. The number of hydrogen-bond donors (Lipinski definition) is 3. The number of rotatable bonds is 12. The number of ketones is 1. The first-order chi connectivity index (χ1) is 20.6. The monoisotopic (exact) mass is 600 g/mol. The van der Waals surface area contributed by atoms with Gasteiger partial charge in [-0.15, -0.1) is 0 Å². The lowest BCUT2D eigenvalue weighted by Gasteiger charge is -2.38. The molecule has 0 aliphatic heterocycles. The Labute approximate surface area is 267 Å². The summed E-state index contributed by atoms with van der Waals surface area (Å²) in [7, 11) is 0. The molecular formula is C40H56O4. The summed E-state index contributed by atoms with van der Waals surface area (Å²) in [5.41, 5.74) is 6.75. The van der Waals surface area contributed by atoms with Gasteiger partial charge in [-0.05, 0) is 71.8 Å². The lowest BCUT2D eigenvalue weighted by Crippen LogP contribution is -2.35. The van der Waals surface area contributed by atoms with Crippen molar-refractivity contribution in [3.8, 4) is 0 Å². The SMILES string of the molecule is CC1=C[C@H](O)CC(C)(C)[C@H]1/C=C/C(C)=C/C=C/C(C)=C/C=C/C=C(C)/C=C/C=C(\C)C(=O)CC1=C(C)C[C@H](O)C[C@]1(C)CO. The van der Waals surface area contributed by atoms with E-state index in [9.17, 15) is 20.1 Å². The van der Waals surface area contributed by atoms with Gasteiger partial charge in [-0.3, -0.25) is 4.79 Å². The van der Waals surface area contributed by atoms with Gasteiger partial charge in [-0.25, -0.2) is 0 Å². The van der Waals surface area contributed by atoms with Crippen LogP contribution in [0.25, 0.3) is 0 Å². The molecule has 0 bridgehead atoms. The largest absolute Gasteiger partial charge is 0.395 e. The summed E-state index contributed by atoms with van der Waals surface area (Å²) in [6.07, 6.45) is 27.8. The Hall–Kier alpha value is -3.05. The van der Waals surface area contributed by atoms with Crippen LogP contribution in [0.15, 0.2) is 118 Å². The molecule has 4 nitrogen and oxygen atoms in total. The summed E-state index contributed by atoms with van der Waals surface area (Å²) in [6.45, 7) is 18.4. The summed E-state index contributed by atoms with van der Waals surface area (Å²) in [6, 6.07) is 0. The number of allylic oxidation sites excluding steroid dienone is 17. The lowest BCUT2D eigenvalue weighted by atomic mass is 9.67. The molecule has 3 N–H and O–H groups in total. The summed E-state index contributed by atoms with van der Waals surface area (Å²) in [5.74, 6) is 0.366. The number of Topliss-reactive ketones (excluding diaryl/α,β-unsaturated/α-hetero) is 1. The molecule has 0 aromatic carbocycles. The Morgan fingerprint density at radius 1 is 0.841 bits per heavy atom. The van der Waals surface area contributed by atoms with E-state index in [-0.39, 0.29) is 30.3 Å². The van der Waals surface area contributed by atoms with Crippen LogP contribution in [0.1, 0.15) is 88.0 Å². The van der Waals surface area contributed by atoms with Crippen molar-refractivity contribution in [1.82, 2.24) is 0 Å². The number of carbonyl (C=O) groups excluding carboxylic acids is 1. The van der Waals surface area contributed by atoms with E-state index in [4.69, 9.17) is 0 Å². The molecule has 4 heteroatoms. The molecule has 0 saturated carbocycles. The molecule has 2 aliphatic rings. The van der Waals surface area contributed by atoms with Crippen molar-refractivity contribution < 1.29 is 20.1 Å². The molecule has 0 amide bonds. The third-order valence-corrected chi connectivity index (χ3v) is 8.93. The number of aliphatic hydroxyl groups excluding tert-OH is 3. The van der Waals surface area contributed by atoms with Crippen molar-refractivity contribution in [3.05, 3.63) is 118 Å². The minimum Gasteiger partial charge on any atom is -0.395 e. The molecule has 0 aromatic heterocycles. The third kappa shape index (κ3) is 11.5. The predicted molar refractivity (Wildman–Crippen MR) is 186 cm³/mol. The maximum Gasteiger partial charge on any atom is 0.162 e. The molecule has 0 unspecified atom stereocenters. The van der Waals surface area contributed by atoms with E-state index in [0.29, 0.717) is 24.3 Å². The second-order valence-corrected chi connectivity index (χ2v) is 13.8. The fourth-order valence-electron chi connectivity index (χ4n) is 6.31. The summed E-state index contributed by atoms with van der Waals surface area (Å²) >= 11 is 0. The van der Waals surface area contributed by atoms with E-state index in [2.05, 4.69) is 71.1 Å². The summed E-state index contributed by atoms with van der Waals surface area (Å²) in [4.78, 5) is 12.9. The van der Waals surface area contributed by atoms with Crippen LogP contribution < -0.4 is 0 Å². The highest BCUT2D eigenvalue weighted by molar-refractivity contribution is 5.96. The quantitative estimate of drug-likeness (QED) is 0.119. The molecule has 0 spiro atoms. The Balaban J connectivity index is 1.91. The fourth-order valence-corrected chi connectivity index (χ4v) is 6.31. The van der Waals surface area contributed by atoms with E-state index in [0.717, 1.165) is 28.7 Å². The van der Waals surface area contributed by atoms with E-state index in [1.807, 2.05) is 70.2 Å². The number of hydrogen-bond acceptors (Lipinski definition) is 4. The first kappa shape index (κ1) is 37.1. The molecule has 0 fully saturated rings. The van der Waals surface area contributed by atoms with Crippen LogP contribution in [0.2, 0.25) is 0 Å². The second-order valence-electron chi connectivity index (χ2n) is 13.8. The van der Waals surface area contributed by atoms with Gasteiger partial charge < -0.3 is 15.3 Å². The van der Waals surface area contributed by atoms with Crippen molar-refractivity contribution in [2.75, 3.05) is 6.61 Å². The maximum atomic E-state index is 12.9. The van der Waals surface area contributed by atoms with Crippen LogP contribution in [-0.4, -0.2) is 39.9 Å². The summed E-state index contributed by atoms with van der Waals surface area (Å²) in [5, 5.41) is 30.2. The van der Waals surface area contributed by atoms with Gasteiger partial charge in [-0.2, -0.15) is 0 Å². The zero-order chi connectivity index (χ0) is 33.1. The predicted octanol–water partition coefficient (Wildman–Crippen LogP) is 8.78. The van der Waals surface area contributed by atoms with Crippen molar-refractivity contribution >= 4 is 5.78 Å². The zero-order valence-electron chi connectivity index (χ0n) is 28.5. The standard InChI is InChI=1S/C40H56O4/c1-28(16-12-17-30(3)20-21-36-32(5)22-34(42)25-39(36,7)8)14-10-11-15-29(2)18-13-19-31(4)38(44)24-37-33(6)23-35(43)26-40(37,9)27-41/h10-22,34-36,41-43H,23-27H2,1-9H3/b11-10+,16-12+,18-13+,21-20+,28-14+,29-15+,30-17+,31-19+/t34-,35-,36-,40+/m0/s1. The van der Waals surface area contributed by atoms with Crippen LogP contribution in [-0.2, 0) is 4.79 Å². The Kier molecular flexibility index (Phi) is 14.2. The zero-order valence-corrected chi connectivity index (χ0v) is 28.5. The Morgan fingerprint density at radius 2 is 1.39 bits per heavy atom. The molecule has 2 aliphatic carbocycles. The Morgan fingerprint density at radius 3 is 1.95 bits per heavy atom. The van der Waals surface area contributed by atoms with Crippen molar-refractivity contribution in [2.45, 2.75) is 100 Å². The maximum absolute atomic E-state index is 12.9. The second kappa shape index (κ2) is 16.9. The van der Waals surface area contributed by atoms with Gasteiger partial charge in [0.05, 0.1) is 18.8 Å². The molecule has 2 rings (SSSR count). The number of carbonyl (C=O) groups is 1. The molecule has 0 saturated heterocycles. The minimum atomic E-state index is -0.551. The summed E-state index contributed by atoms with van der Waals surface area (Å²) < 4.78 is 0. The fraction of sp³-hybridized carbons (Fsp3) is 0.475. The van der Waals surface area contributed by atoms with Gasteiger partial charge in [0, 0.05) is 17.8 Å². The van der Waals surface area contributed by atoms with Crippen LogP contribution in [0.5, 0.6) is 0 Å². The van der Waals surface area contributed by atoms with Gasteiger partial charge in [-0.1, -0.05) is 133 Å². The third-order valence-electron chi connectivity index (χ3n) is 8.93. The molecule has 44 heavy (non-hydrogen) atoms. The first-order valence-corrected chi connectivity index (χ1v) is 15.9. The molecule has 240 valence electrons. The molecule has 0 heterocycles. The highest BCUT2D eigenvalue weighted by Gasteiger charge is 2.37. The average molecular weight is 601 g/mol. The van der Waals surface area contributed by atoms with Crippen LogP contribution >= 0.6 is 0 Å². The topological polar surface area (TPSA) is 77.8 Å². The normalized spacial score (nSPS) is 27.8. The first-order valence-electron chi connectivity index (χ1n) is 15.9. The minimum absolute atomic E-state index is 0.0380. The van der Waals surface area contributed by atoms with E-state index < -0.39 is 11.5 Å². The molecule has 4 atom stereocenters. The number of aliphatic hydroxyl groups is 3. The molecular weight excluding hydrogens is 544 g/mol. The van der Waals surface area contributed by atoms with Crippen molar-refractivity contribution in [1.29, 1.82) is 0 Å².